The van der Waals surface area contributed by atoms with Gasteiger partial charge in [0.1, 0.15) is 11.5 Å². The molecule has 1 aromatic rings. The van der Waals surface area contributed by atoms with Crippen LogP contribution in [-0.4, -0.2) is 40.0 Å². The standard InChI is InChI=1S/C11H14ClNO3/c1-7(12)6-13(2)11(16)8-3-9(14)5-10(15)4-8/h3-5,7,14-15H,6H2,1-2H3. The Hall–Kier alpha value is -1.42. The maximum atomic E-state index is 11.8. The molecule has 0 aliphatic heterocycles. The summed E-state index contributed by atoms with van der Waals surface area (Å²) in [4.78, 5) is 13.3. The molecule has 2 N–H and O–H groups in total. The minimum atomic E-state index is -0.293. The molecular formula is C11H14ClNO3. The molecule has 5 heteroatoms. The first kappa shape index (κ1) is 12.6. The van der Waals surface area contributed by atoms with Gasteiger partial charge in [0.2, 0.25) is 0 Å². The minimum absolute atomic E-state index is 0.143. The fourth-order valence-electron chi connectivity index (χ4n) is 1.40. The number of phenolic OH excluding ortho intramolecular Hbond substituents is 2. The number of carbonyl (C=O) groups is 1. The van der Waals surface area contributed by atoms with E-state index in [1.54, 1.807) is 14.0 Å². The third-order valence-electron chi connectivity index (χ3n) is 2.02. The summed E-state index contributed by atoms with van der Waals surface area (Å²) in [6.45, 7) is 2.18. The van der Waals surface area contributed by atoms with E-state index in [1.165, 1.54) is 23.1 Å². The molecule has 4 nitrogen and oxygen atoms in total. The zero-order valence-corrected chi connectivity index (χ0v) is 9.90. The molecule has 16 heavy (non-hydrogen) atoms. The van der Waals surface area contributed by atoms with Gasteiger partial charge in [-0.05, 0) is 19.1 Å². The second-order valence-electron chi connectivity index (χ2n) is 3.70. The van der Waals surface area contributed by atoms with Crippen molar-refractivity contribution in [2.24, 2.45) is 0 Å². The second kappa shape index (κ2) is 5.07. The summed E-state index contributed by atoms with van der Waals surface area (Å²) in [5.74, 6) is -0.579. The number of rotatable bonds is 3. The first-order chi connectivity index (χ1) is 7.40. The monoisotopic (exact) mass is 243 g/mol. The van der Waals surface area contributed by atoms with Crippen LogP contribution < -0.4 is 0 Å². The number of benzene rings is 1. The van der Waals surface area contributed by atoms with Crippen LogP contribution in [0.3, 0.4) is 0 Å². The lowest BCUT2D eigenvalue weighted by Gasteiger charge is -2.18. The Balaban J connectivity index is 2.87. The number of aromatic hydroxyl groups is 2. The topological polar surface area (TPSA) is 60.8 Å². The van der Waals surface area contributed by atoms with E-state index in [9.17, 15) is 15.0 Å². The number of alkyl halides is 1. The Labute approximate surface area is 99.1 Å². The van der Waals surface area contributed by atoms with Gasteiger partial charge >= 0.3 is 0 Å². The smallest absolute Gasteiger partial charge is 0.253 e. The van der Waals surface area contributed by atoms with E-state index in [4.69, 9.17) is 11.6 Å². The third kappa shape index (κ3) is 3.31. The molecule has 0 fully saturated rings. The molecule has 1 aromatic carbocycles. The summed E-state index contributed by atoms with van der Waals surface area (Å²) < 4.78 is 0. The van der Waals surface area contributed by atoms with E-state index >= 15 is 0 Å². The van der Waals surface area contributed by atoms with Crippen molar-refractivity contribution >= 4 is 17.5 Å². The van der Waals surface area contributed by atoms with Gasteiger partial charge in [0.15, 0.2) is 0 Å². The Morgan fingerprint density at radius 1 is 1.38 bits per heavy atom. The highest BCUT2D eigenvalue weighted by molar-refractivity contribution is 6.20. The number of phenols is 2. The second-order valence-corrected chi connectivity index (χ2v) is 4.45. The molecule has 0 aliphatic rings. The molecule has 1 rings (SSSR count). The van der Waals surface area contributed by atoms with Crippen LogP contribution in [0.25, 0.3) is 0 Å². The number of amides is 1. The lowest BCUT2D eigenvalue weighted by atomic mass is 10.1. The van der Waals surface area contributed by atoms with Crippen LogP contribution in [-0.2, 0) is 0 Å². The van der Waals surface area contributed by atoms with E-state index in [-0.39, 0.29) is 28.3 Å². The van der Waals surface area contributed by atoms with Crippen molar-refractivity contribution in [2.45, 2.75) is 12.3 Å². The highest BCUT2D eigenvalue weighted by Gasteiger charge is 2.14. The van der Waals surface area contributed by atoms with Crippen molar-refractivity contribution in [3.63, 3.8) is 0 Å². The fourth-order valence-corrected chi connectivity index (χ4v) is 1.61. The van der Waals surface area contributed by atoms with Crippen LogP contribution in [0, 0.1) is 0 Å². The molecule has 0 saturated carbocycles. The number of carbonyl (C=O) groups excluding carboxylic acids is 1. The number of hydrogen-bond acceptors (Lipinski definition) is 3. The first-order valence-corrected chi connectivity index (χ1v) is 5.26. The van der Waals surface area contributed by atoms with E-state index in [0.29, 0.717) is 6.54 Å². The molecule has 1 atom stereocenters. The number of halogens is 1. The normalized spacial score (nSPS) is 12.2. The molecule has 88 valence electrons. The van der Waals surface area contributed by atoms with Crippen LogP contribution in [0.2, 0.25) is 0 Å². The van der Waals surface area contributed by atoms with Crippen LogP contribution in [0.1, 0.15) is 17.3 Å². The number of nitrogens with zero attached hydrogens (tertiary/aromatic N) is 1. The predicted octanol–water partition coefficient (Wildman–Crippen LogP) is 1.80. The summed E-state index contributed by atoms with van der Waals surface area (Å²) in [5, 5.41) is 18.3. The molecule has 0 aromatic heterocycles. The summed E-state index contributed by atoms with van der Waals surface area (Å²) in [7, 11) is 1.61. The lowest BCUT2D eigenvalue weighted by molar-refractivity contribution is 0.0795. The van der Waals surface area contributed by atoms with Gasteiger partial charge in [0.25, 0.3) is 5.91 Å². The Morgan fingerprint density at radius 2 is 1.88 bits per heavy atom. The zero-order valence-electron chi connectivity index (χ0n) is 9.14. The predicted molar refractivity (Wildman–Crippen MR) is 62.0 cm³/mol. The molecule has 1 amide bonds. The van der Waals surface area contributed by atoms with Gasteiger partial charge in [-0.2, -0.15) is 0 Å². The summed E-state index contributed by atoms with van der Waals surface area (Å²) >= 11 is 5.77. The Morgan fingerprint density at radius 3 is 2.31 bits per heavy atom. The molecule has 0 bridgehead atoms. The quantitative estimate of drug-likeness (QED) is 0.796. The van der Waals surface area contributed by atoms with Gasteiger partial charge < -0.3 is 15.1 Å². The zero-order chi connectivity index (χ0) is 12.3. The van der Waals surface area contributed by atoms with Crippen molar-refractivity contribution in [3.8, 4) is 11.5 Å². The Bertz CT molecular complexity index is 373. The van der Waals surface area contributed by atoms with E-state index < -0.39 is 0 Å². The van der Waals surface area contributed by atoms with E-state index in [2.05, 4.69) is 0 Å². The summed E-state index contributed by atoms with van der Waals surface area (Å²) in [5.41, 5.74) is 0.234. The van der Waals surface area contributed by atoms with Crippen LogP contribution >= 0.6 is 11.6 Å². The summed E-state index contributed by atoms with van der Waals surface area (Å²) in [6.07, 6.45) is 0. The molecular weight excluding hydrogens is 230 g/mol. The van der Waals surface area contributed by atoms with E-state index in [0.717, 1.165) is 0 Å². The Kier molecular flexibility index (Phi) is 4.01. The average Bonchev–Trinajstić information content (AvgIpc) is 2.13. The third-order valence-corrected chi connectivity index (χ3v) is 2.16. The summed E-state index contributed by atoms with van der Waals surface area (Å²) in [6, 6.07) is 3.77. The minimum Gasteiger partial charge on any atom is -0.508 e. The van der Waals surface area contributed by atoms with Gasteiger partial charge in [-0.3, -0.25) is 4.79 Å². The lowest BCUT2D eigenvalue weighted by Crippen LogP contribution is -2.31. The van der Waals surface area contributed by atoms with Gasteiger partial charge in [0.05, 0.1) is 0 Å². The highest BCUT2D eigenvalue weighted by Crippen LogP contribution is 2.21. The molecule has 1 unspecified atom stereocenters. The van der Waals surface area contributed by atoms with Crippen LogP contribution in [0.4, 0.5) is 0 Å². The van der Waals surface area contributed by atoms with Crippen LogP contribution in [0.15, 0.2) is 18.2 Å². The molecule has 0 saturated heterocycles. The van der Waals surface area contributed by atoms with Crippen molar-refractivity contribution in [1.29, 1.82) is 0 Å². The maximum absolute atomic E-state index is 11.8. The van der Waals surface area contributed by atoms with E-state index in [1.807, 2.05) is 0 Å². The largest absolute Gasteiger partial charge is 0.508 e. The van der Waals surface area contributed by atoms with Crippen molar-refractivity contribution < 1.29 is 15.0 Å². The molecule has 0 radical (unpaired) electrons. The van der Waals surface area contributed by atoms with Gasteiger partial charge in [-0.1, -0.05) is 0 Å². The van der Waals surface area contributed by atoms with Crippen molar-refractivity contribution in [3.05, 3.63) is 23.8 Å². The molecule has 0 spiro atoms. The maximum Gasteiger partial charge on any atom is 0.253 e. The first-order valence-electron chi connectivity index (χ1n) is 4.82. The average molecular weight is 244 g/mol. The van der Waals surface area contributed by atoms with Gasteiger partial charge in [-0.25, -0.2) is 0 Å². The number of hydrogen-bond donors (Lipinski definition) is 2. The molecule has 0 aliphatic carbocycles. The van der Waals surface area contributed by atoms with Crippen molar-refractivity contribution in [2.75, 3.05) is 13.6 Å². The highest BCUT2D eigenvalue weighted by atomic mass is 35.5. The van der Waals surface area contributed by atoms with Gasteiger partial charge in [-0.15, -0.1) is 11.6 Å². The van der Waals surface area contributed by atoms with Crippen molar-refractivity contribution in [1.82, 2.24) is 4.90 Å². The van der Waals surface area contributed by atoms with Gasteiger partial charge in [0, 0.05) is 30.6 Å². The molecule has 0 heterocycles. The SMILES string of the molecule is CC(Cl)CN(C)C(=O)c1cc(O)cc(O)c1. The fraction of sp³-hybridized carbons (Fsp3) is 0.364. The van der Waals surface area contributed by atoms with Crippen LogP contribution in [0.5, 0.6) is 11.5 Å².